The number of hydrogen-bond donors (Lipinski definition) is 5. The number of aliphatic hydroxyl groups excluding tert-OH is 1. The molecule has 9 heteroatoms. The highest BCUT2D eigenvalue weighted by molar-refractivity contribution is 5.82. The van der Waals surface area contributed by atoms with Gasteiger partial charge in [0.25, 0.3) is 0 Å². The van der Waals surface area contributed by atoms with E-state index in [1.54, 1.807) is 6.20 Å². The van der Waals surface area contributed by atoms with Gasteiger partial charge in [0.05, 0.1) is 17.8 Å². The summed E-state index contributed by atoms with van der Waals surface area (Å²) in [5.74, 6) is 0.365. The van der Waals surface area contributed by atoms with E-state index in [0.29, 0.717) is 0 Å². The normalized spacial score (nSPS) is 12.0. The van der Waals surface area contributed by atoms with Crippen LogP contribution in [0.2, 0.25) is 0 Å². The van der Waals surface area contributed by atoms with Crippen LogP contribution in [0.25, 0.3) is 10.9 Å². The number of aliphatic hydroxyl groups is 1. The van der Waals surface area contributed by atoms with Gasteiger partial charge in [0.15, 0.2) is 0 Å². The molecule has 0 saturated carbocycles. The highest BCUT2D eigenvalue weighted by atomic mass is 16.3. The van der Waals surface area contributed by atoms with Gasteiger partial charge in [-0.25, -0.2) is 4.79 Å². The summed E-state index contributed by atoms with van der Waals surface area (Å²) >= 11 is 0. The Kier molecular flexibility index (Phi) is 4.50. The van der Waals surface area contributed by atoms with Crippen LogP contribution in [0.4, 0.5) is 17.6 Å². The molecule has 0 fully saturated rings. The van der Waals surface area contributed by atoms with Crippen LogP contribution in [0.15, 0.2) is 59.5 Å². The first kappa shape index (κ1) is 16.7. The Bertz CT molecular complexity index is 1110. The Morgan fingerprint density at radius 2 is 1.96 bits per heavy atom. The van der Waals surface area contributed by atoms with E-state index in [0.717, 1.165) is 22.2 Å². The predicted octanol–water partition coefficient (Wildman–Crippen LogP) is 1.93. The zero-order chi connectivity index (χ0) is 18.6. The number of aromatic amines is 2. The molecular formula is C18H17N7O2. The number of H-pyrrole nitrogens is 2. The minimum absolute atomic E-state index is 0.124. The van der Waals surface area contributed by atoms with Crippen LogP contribution in [-0.2, 0) is 0 Å². The smallest absolute Gasteiger partial charge is 0.351 e. The summed E-state index contributed by atoms with van der Waals surface area (Å²) in [5.41, 5.74) is 1.81. The Hall–Kier alpha value is -3.72. The van der Waals surface area contributed by atoms with Gasteiger partial charge in [0.2, 0.25) is 11.9 Å². The number of benzene rings is 2. The highest BCUT2D eigenvalue weighted by Crippen LogP contribution is 2.19. The average Bonchev–Trinajstić information content (AvgIpc) is 3.14. The van der Waals surface area contributed by atoms with Gasteiger partial charge in [-0.2, -0.15) is 15.1 Å². The number of nitrogens with one attached hydrogen (secondary N) is 4. The predicted molar refractivity (Wildman–Crippen MR) is 102 cm³/mol. The van der Waals surface area contributed by atoms with Crippen molar-refractivity contribution in [1.82, 2.24) is 25.1 Å². The third-order valence-corrected chi connectivity index (χ3v) is 3.99. The molecule has 0 aliphatic rings. The van der Waals surface area contributed by atoms with E-state index >= 15 is 0 Å². The molecule has 9 nitrogen and oxygen atoms in total. The second-order valence-electron chi connectivity index (χ2n) is 5.93. The van der Waals surface area contributed by atoms with Crippen molar-refractivity contribution in [3.05, 3.63) is 70.8 Å². The zero-order valence-corrected chi connectivity index (χ0v) is 14.2. The van der Waals surface area contributed by atoms with E-state index in [1.807, 2.05) is 48.5 Å². The van der Waals surface area contributed by atoms with Crippen LogP contribution in [0.1, 0.15) is 11.7 Å². The third kappa shape index (κ3) is 3.93. The SMILES string of the molecule is O=c1nc(NCC(O)c2ccccc2)nc(Nc2ccc3cn[nH]c3c2)[nH]1. The Morgan fingerprint density at radius 1 is 1.11 bits per heavy atom. The lowest BCUT2D eigenvalue weighted by Gasteiger charge is -2.12. The number of rotatable bonds is 6. The van der Waals surface area contributed by atoms with Crippen LogP contribution in [-0.4, -0.2) is 36.8 Å². The van der Waals surface area contributed by atoms with E-state index in [1.165, 1.54) is 0 Å². The molecule has 136 valence electrons. The monoisotopic (exact) mass is 363 g/mol. The van der Waals surface area contributed by atoms with E-state index in [-0.39, 0.29) is 18.4 Å². The Morgan fingerprint density at radius 3 is 2.81 bits per heavy atom. The molecule has 0 saturated heterocycles. The van der Waals surface area contributed by atoms with Gasteiger partial charge in [-0.15, -0.1) is 0 Å². The van der Waals surface area contributed by atoms with Crippen molar-refractivity contribution in [2.75, 3.05) is 17.2 Å². The second kappa shape index (κ2) is 7.26. The van der Waals surface area contributed by atoms with Crippen LogP contribution in [0.3, 0.4) is 0 Å². The molecule has 0 aliphatic heterocycles. The van der Waals surface area contributed by atoms with Crippen molar-refractivity contribution in [3.63, 3.8) is 0 Å². The summed E-state index contributed by atoms with van der Waals surface area (Å²) in [6.07, 6.45) is 0.986. The molecule has 4 rings (SSSR count). The molecular weight excluding hydrogens is 346 g/mol. The van der Waals surface area contributed by atoms with Crippen molar-refractivity contribution in [1.29, 1.82) is 0 Å². The van der Waals surface area contributed by atoms with Crippen LogP contribution < -0.4 is 16.3 Å². The van der Waals surface area contributed by atoms with E-state index in [2.05, 4.69) is 35.8 Å². The van der Waals surface area contributed by atoms with Gasteiger partial charge in [-0.1, -0.05) is 30.3 Å². The molecule has 1 unspecified atom stereocenters. The highest BCUT2D eigenvalue weighted by Gasteiger charge is 2.09. The van der Waals surface area contributed by atoms with Crippen molar-refractivity contribution >= 4 is 28.5 Å². The molecule has 1 atom stereocenters. The summed E-state index contributed by atoms with van der Waals surface area (Å²) in [6.45, 7) is 0.174. The van der Waals surface area contributed by atoms with Gasteiger partial charge in [0, 0.05) is 17.6 Å². The third-order valence-electron chi connectivity index (χ3n) is 3.99. The number of fused-ring (bicyclic) bond motifs is 1. The lowest BCUT2D eigenvalue weighted by Crippen LogP contribution is -2.20. The molecule has 4 aromatic rings. The standard InChI is InChI=1S/C18H17N7O2/c26-15(11-4-2-1-3-5-11)10-19-16-22-17(24-18(27)23-16)21-13-7-6-12-9-20-25-14(12)8-13/h1-9,15,26H,10H2,(H,20,25)(H3,19,21,22,23,24,27). The van der Waals surface area contributed by atoms with Gasteiger partial charge in [-0.3, -0.25) is 10.1 Å². The molecule has 0 bridgehead atoms. The Balaban J connectivity index is 1.48. The number of aromatic nitrogens is 5. The molecule has 0 aliphatic carbocycles. The van der Waals surface area contributed by atoms with E-state index < -0.39 is 11.8 Å². The van der Waals surface area contributed by atoms with Gasteiger partial charge in [0.1, 0.15) is 0 Å². The maximum Gasteiger partial charge on any atom is 0.351 e. The molecule has 0 radical (unpaired) electrons. The summed E-state index contributed by atoms with van der Waals surface area (Å²) < 4.78 is 0. The topological polar surface area (TPSA) is 132 Å². The first-order valence-corrected chi connectivity index (χ1v) is 8.33. The molecule has 27 heavy (non-hydrogen) atoms. The van der Waals surface area contributed by atoms with E-state index in [9.17, 15) is 9.90 Å². The number of nitrogens with zero attached hydrogens (tertiary/aromatic N) is 3. The minimum atomic E-state index is -0.742. The van der Waals surface area contributed by atoms with Crippen LogP contribution in [0.5, 0.6) is 0 Å². The first-order chi connectivity index (χ1) is 13.2. The van der Waals surface area contributed by atoms with Crippen molar-refractivity contribution in [3.8, 4) is 0 Å². The van der Waals surface area contributed by atoms with Gasteiger partial charge < -0.3 is 15.7 Å². The first-order valence-electron chi connectivity index (χ1n) is 8.33. The van der Waals surface area contributed by atoms with Crippen molar-refractivity contribution < 1.29 is 5.11 Å². The minimum Gasteiger partial charge on any atom is -0.387 e. The summed E-state index contributed by atoms with van der Waals surface area (Å²) in [5, 5.41) is 24.0. The number of hydrogen-bond acceptors (Lipinski definition) is 7. The fraction of sp³-hybridized carbons (Fsp3) is 0.111. The van der Waals surface area contributed by atoms with Crippen molar-refractivity contribution in [2.24, 2.45) is 0 Å². The second-order valence-corrected chi connectivity index (χ2v) is 5.93. The maximum atomic E-state index is 11.8. The molecule has 0 amide bonds. The summed E-state index contributed by atoms with van der Waals surface area (Å²) in [6, 6.07) is 14.8. The lowest BCUT2D eigenvalue weighted by atomic mass is 10.1. The van der Waals surface area contributed by atoms with Gasteiger partial charge >= 0.3 is 5.69 Å². The molecule has 0 spiro atoms. The van der Waals surface area contributed by atoms with Crippen LogP contribution in [0, 0.1) is 0 Å². The fourth-order valence-corrected chi connectivity index (χ4v) is 2.66. The fourth-order valence-electron chi connectivity index (χ4n) is 2.66. The zero-order valence-electron chi connectivity index (χ0n) is 14.2. The molecule has 2 aromatic heterocycles. The molecule has 5 N–H and O–H groups in total. The largest absolute Gasteiger partial charge is 0.387 e. The van der Waals surface area contributed by atoms with E-state index in [4.69, 9.17) is 0 Å². The lowest BCUT2D eigenvalue weighted by molar-refractivity contribution is 0.191. The summed E-state index contributed by atoms with van der Waals surface area (Å²) in [4.78, 5) is 22.4. The molecule has 2 heterocycles. The van der Waals surface area contributed by atoms with Gasteiger partial charge in [-0.05, 0) is 23.8 Å². The molecule has 2 aromatic carbocycles. The average molecular weight is 363 g/mol. The van der Waals surface area contributed by atoms with Crippen molar-refractivity contribution in [2.45, 2.75) is 6.10 Å². The maximum absolute atomic E-state index is 11.8. The summed E-state index contributed by atoms with van der Waals surface area (Å²) in [7, 11) is 0. The Labute approximate surface area is 153 Å². The van der Waals surface area contributed by atoms with Crippen LogP contribution >= 0.6 is 0 Å². The number of anilines is 3. The quantitative estimate of drug-likeness (QED) is 0.354.